The number of benzene rings is 2. The van der Waals surface area contributed by atoms with Crippen LogP contribution in [0.4, 0.5) is 4.79 Å². The Hall–Kier alpha value is -3.71. The van der Waals surface area contributed by atoms with Gasteiger partial charge < -0.3 is 30.2 Å². The van der Waals surface area contributed by atoms with E-state index in [9.17, 15) is 24.0 Å². The molecule has 2 aliphatic rings. The second-order valence-corrected chi connectivity index (χ2v) is 11.9. The molecule has 3 atom stereocenters. The van der Waals surface area contributed by atoms with Crippen molar-refractivity contribution in [2.45, 2.75) is 36.9 Å². The summed E-state index contributed by atoms with van der Waals surface area (Å²) in [5.74, 6) is -1.85. The zero-order valence-electron chi connectivity index (χ0n) is 22.5. The van der Waals surface area contributed by atoms with E-state index < -0.39 is 48.0 Å². The molecule has 218 valence electrons. The van der Waals surface area contributed by atoms with Crippen LogP contribution >= 0.6 is 21.6 Å². The van der Waals surface area contributed by atoms with Gasteiger partial charge in [-0.1, -0.05) is 70.1 Å². The summed E-state index contributed by atoms with van der Waals surface area (Å²) in [5.41, 5.74) is 4.28. The Balaban J connectivity index is 1.30. The summed E-state index contributed by atoms with van der Waals surface area (Å²) in [7, 11) is 5.14. The Kier molecular flexibility index (Phi) is 10.5. The van der Waals surface area contributed by atoms with Gasteiger partial charge in [-0.2, -0.15) is 0 Å². The summed E-state index contributed by atoms with van der Waals surface area (Å²) in [6, 6.07) is 13.0. The number of nitrogens with one attached hydrogen (secondary N) is 3. The van der Waals surface area contributed by atoms with E-state index in [-0.39, 0.29) is 31.1 Å². The molecule has 1 heterocycles. The fraction of sp³-hybridized carbons (Fsp3) is 0.393. The van der Waals surface area contributed by atoms with Crippen molar-refractivity contribution in [1.29, 1.82) is 0 Å². The highest BCUT2D eigenvalue weighted by molar-refractivity contribution is 8.76. The van der Waals surface area contributed by atoms with Gasteiger partial charge in [-0.3, -0.25) is 9.59 Å². The largest absolute Gasteiger partial charge is 0.467 e. The van der Waals surface area contributed by atoms with Crippen molar-refractivity contribution in [3.8, 4) is 11.1 Å². The summed E-state index contributed by atoms with van der Waals surface area (Å²) in [6.07, 6.45) is -1.07. The normalized spacial score (nSPS) is 18.8. The molecule has 4 rings (SSSR count). The number of hydrogen-bond donors (Lipinski definition) is 3. The Labute approximate surface area is 245 Å². The molecular weight excluding hydrogens is 570 g/mol. The van der Waals surface area contributed by atoms with Crippen molar-refractivity contribution in [2.24, 2.45) is 0 Å². The Morgan fingerprint density at radius 2 is 1.59 bits per heavy atom. The van der Waals surface area contributed by atoms with Crippen molar-refractivity contribution in [3.05, 3.63) is 59.7 Å². The molecule has 13 heteroatoms. The zero-order valence-corrected chi connectivity index (χ0v) is 24.2. The van der Waals surface area contributed by atoms with Gasteiger partial charge in [0.2, 0.25) is 11.8 Å². The van der Waals surface area contributed by atoms with Crippen LogP contribution in [0.1, 0.15) is 29.9 Å². The minimum atomic E-state index is -1.14. The molecule has 1 saturated heterocycles. The van der Waals surface area contributed by atoms with Crippen LogP contribution in [-0.4, -0.2) is 80.3 Å². The standard InChI is InChI=1S/C28H31N3O8S2/c1-37-26(34)21(11-12-24(32)29-22-14-40-41-15-23(27(35)38-2)30-25(22)33)31-28(36)39-13-20-18-9-5-3-7-16(18)17-8-4-6-10-19(17)20/h3-10,20-23H,11-15H2,1-2H3,(H,29,32)(H,30,33)(H,31,36)/t21-,22?,23-/m0/s1. The molecule has 1 unspecified atom stereocenters. The van der Waals surface area contributed by atoms with Crippen LogP contribution in [-0.2, 0) is 33.4 Å². The molecule has 0 radical (unpaired) electrons. The molecule has 0 aromatic heterocycles. The molecule has 1 fully saturated rings. The average molecular weight is 602 g/mol. The third kappa shape index (κ3) is 7.53. The predicted octanol–water partition coefficient (Wildman–Crippen LogP) is 2.38. The van der Waals surface area contributed by atoms with Gasteiger partial charge in [-0.05, 0) is 28.7 Å². The lowest BCUT2D eigenvalue weighted by atomic mass is 9.98. The first kappa shape index (κ1) is 30.3. The van der Waals surface area contributed by atoms with Gasteiger partial charge in [0, 0.05) is 23.8 Å². The lowest BCUT2D eigenvalue weighted by Gasteiger charge is -2.24. The Morgan fingerprint density at radius 1 is 0.951 bits per heavy atom. The number of rotatable bonds is 9. The van der Waals surface area contributed by atoms with Crippen LogP contribution in [0.5, 0.6) is 0 Å². The number of carbonyl (C=O) groups excluding carboxylic acids is 5. The van der Waals surface area contributed by atoms with Crippen LogP contribution in [0.25, 0.3) is 11.1 Å². The number of alkyl carbamates (subject to hydrolysis) is 1. The third-order valence-electron chi connectivity index (χ3n) is 6.79. The number of carbonyl (C=O) groups is 5. The first-order valence-electron chi connectivity index (χ1n) is 12.9. The van der Waals surface area contributed by atoms with E-state index in [2.05, 4.69) is 16.0 Å². The van der Waals surface area contributed by atoms with E-state index in [1.165, 1.54) is 35.8 Å². The second kappa shape index (κ2) is 14.3. The van der Waals surface area contributed by atoms with Gasteiger partial charge in [0.15, 0.2) is 0 Å². The van der Waals surface area contributed by atoms with Crippen LogP contribution in [0.15, 0.2) is 48.5 Å². The molecule has 2 aromatic carbocycles. The number of ether oxygens (including phenoxy) is 3. The van der Waals surface area contributed by atoms with Gasteiger partial charge in [-0.15, -0.1) is 0 Å². The second-order valence-electron chi connectivity index (χ2n) is 9.36. The number of esters is 2. The Bertz CT molecular complexity index is 1260. The monoisotopic (exact) mass is 601 g/mol. The zero-order chi connectivity index (χ0) is 29.4. The van der Waals surface area contributed by atoms with Gasteiger partial charge in [-0.25, -0.2) is 14.4 Å². The molecule has 1 aliphatic carbocycles. The van der Waals surface area contributed by atoms with Crippen molar-refractivity contribution in [3.63, 3.8) is 0 Å². The minimum Gasteiger partial charge on any atom is -0.467 e. The highest BCUT2D eigenvalue weighted by atomic mass is 33.1. The summed E-state index contributed by atoms with van der Waals surface area (Å²) in [6.45, 7) is 0.0628. The lowest BCUT2D eigenvalue weighted by molar-refractivity contribution is -0.144. The molecular formula is C28H31N3O8S2. The van der Waals surface area contributed by atoms with Crippen molar-refractivity contribution >= 4 is 51.4 Å². The number of methoxy groups -OCH3 is 2. The van der Waals surface area contributed by atoms with E-state index in [4.69, 9.17) is 14.2 Å². The molecule has 41 heavy (non-hydrogen) atoms. The predicted molar refractivity (Wildman–Crippen MR) is 154 cm³/mol. The lowest BCUT2D eigenvalue weighted by Crippen LogP contribution is -2.54. The maximum Gasteiger partial charge on any atom is 0.407 e. The van der Waals surface area contributed by atoms with Crippen LogP contribution in [0, 0.1) is 0 Å². The van der Waals surface area contributed by atoms with Crippen LogP contribution in [0.2, 0.25) is 0 Å². The minimum absolute atomic E-state index is 0.0628. The van der Waals surface area contributed by atoms with Gasteiger partial charge in [0.1, 0.15) is 24.7 Å². The molecule has 11 nitrogen and oxygen atoms in total. The first-order chi connectivity index (χ1) is 19.8. The highest BCUT2D eigenvalue weighted by Gasteiger charge is 2.32. The highest BCUT2D eigenvalue weighted by Crippen LogP contribution is 2.44. The van der Waals surface area contributed by atoms with Gasteiger partial charge in [0.25, 0.3) is 0 Å². The summed E-state index contributed by atoms with van der Waals surface area (Å²) >= 11 is 0. The summed E-state index contributed by atoms with van der Waals surface area (Å²) < 4.78 is 15.0. The molecule has 2 aromatic rings. The number of fused-ring (bicyclic) bond motifs is 3. The smallest absolute Gasteiger partial charge is 0.407 e. The van der Waals surface area contributed by atoms with E-state index in [1.54, 1.807) is 0 Å². The average Bonchev–Trinajstić information content (AvgIpc) is 3.30. The van der Waals surface area contributed by atoms with Crippen molar-refractivity contribution in [1.82, 2.24) is 16.0 Å². The fourth-order valence-corrected chi connectivity index (χ4v) is 7.03. The molecule has 0 spiro atoms. The maximum absolute atomic E-state index is 12.7. The molecule has 0 saturated carbocycles. The van der Waals surface area contributed by atoms with E-state index in [0.717, 1.165) is 22.3 Å². The quantitative estimate of drug-likeness (QED) is 0.222. The SMILES string of the molecule is COC(=O)[C@H](CCC(=O)NC1CSSC[C@@H](C(=O)OC)NC1=O)NC(=O)OCC1c2ccccc2-c2ccccc21. The van der Waals surface area contributed by atoms with Gasteiger partial charge in [0.05, 0.1) is 14.2 Å². The van der Waals surface area contributed by atoms with E-state index in [1.807, 2.05) is 48.5 Å². The molecule has 3 amide bonds. The number of amides is 3. The van der Waals surface area contributed by atoms with E-state index >= 15 is 0 Å². The third-order valence-corrected chi connectivity index (χ3v) is 9.21. The van der Waals surface area contributed by atoms with Crippen molar-refractivity contribution < 1.29 is 38.2 Å². The van der Waals surface area contributed by atoms with Crippen LogP contribution < -0.4 is 16.0 Å². The Morgan fingerprint density at radius 3 is 2.22 bits per heavy atom. The summed E-state index contributed by atoms with van der Waals surface area (Å²) in [4.78, 5) is 62.2. The number of hydrogen-bond acceptors (Lipinski definition) is 10. The molecule has 1 aliphatic heterocycles. The first-order valence-corrected chi connectivity index (χ1v) is 15.4. The maximum atomic E-state index is 12.7. The van der Waals surface area contributed by atoms with Gasteiger partial charge >= 0.3 is 18.0 Å². The molecule has 0 bridgehead atoms. The summed E-state index contributed by atoms with van der Waals surface area (Å²) in [5, 5.41) is 7.71. The van der Waals surface area contributed by atoms with Crippen molar-refractivity contribution in [2.75, 3.05) is 32.3 Å². The molecule has 3 N–H and O–H groups in total. The van der Waals surface area contributed by atoms with E-state index in [0.29, 0.717) is 5.75 Å². The van der Waals surface area contributed by atoms with Crippen LogP contribution in [0.3, 0.4) is 0 Å². The topological polar surface area (TPSA) is 149 Å². The fourth-order valence-electron chi connectivity index (χ4n) is 4.71.